The van der Waals surface area contributed by atoms with E-state index in [1.807, 2.05) is 24.3 Å². The van der Waals surface area contributed by atoms with E-state index in [1.165, 1.54) is 19.3 Å². The molecule has 3 aromatic rings. The SMILES string of the molecule is CC(=O)c1ccc(NC(=O)c2cnc(NCc3ccccc3Cl)nc2)cc1. The van der Waals surface area contributed by atoms with E-state index in [0.717, 1.165) is 5.56 Å². The molecule has 3 rings (SSSR count). The van der Waals surface area contributed by atoms with Crippen LogP contribution in [0.25, 0.3) is 0 Å². The highest BCUT2D eigenvalue weighted by molar-refractivity contribution is 6.31. The van der Waals surface area contributed by atoms with E-state index in [0.29, 0.717) is 34.3 Å². The number of hydrogen-bond donors (Lipinski definition) is 2. The molecule has 0 unspecified atom stereocenters. The predicted octanol–water partition coefficient (Wildman–Crippen LogP) is 4.20. The maximum atomic E-state index is 12.3. The number of hydrogen-bond acceptors (Lipinski definition) is 5. The second-order valence-corrected chi connectivity index (χ2v) is 6.24. The van der Waals surface area contributed by atoms with Crippen molar-refractivity contribution in [2.75, 3.05) is 10.6 Å². The lowest BCUT2D eigenvalue weighted by Crippen LogP contribution is -2.13. The van der Waals surface area contributed by atoms with Gasteiger partial charge in [-0.25, -0.2) is 9.97 Å². The first kappa shape index (κ1) is 18.5. The molecule has 1 amide bonds. The molecule has 0 fully saturated rings. The van der Waals surface area contributed by atoms with E-state index < -0.39 is 0 Å². The van der Waals surface area contributed by atoms with E-state index in [2.05, 4.69) is 20.6 Å². The van der Waals surface area contributed by atoms with E-state index in [4.69, 9.17) is 11.6 Å². The van der Waals surface area contributed by atoms with Gasteiger partial charge in [0.15, 0.2) is 5.78 Å². The van der Waals surface area contributed by atoms with Gasteiger partial charge in [-0.1, -0.05) is 29.8 Å². The number of Topliss-reactive ketones (excluding diaryl/α,β-unsaturated/α-hetero) is 1. The van der Waals surface area contributed by atoms with Gasteiger partial charge in [0, 0.05) is 35.2 Å². The van der Waals surface area contributed by atoms with Crippen molar-refractivity contribution in [3.05, 3.63) is 82.6 Å². The standard InChI is InChI=1S/C20H17ClN4O2/c1-13(26)14-6-8-17(9-7-14)25-19(27)16-11-23-20(24-12-16)22-10-15-4-2-3-5-18(15)21/h2-9,11-12H,10H2,1H3,(H,25,27)(H,22,23,24). The quantitative estimate of drug-likeness (QED) is 0.626. The van der Waals surface area contributed by atoms with Gasteiger partial charge in [-0.2, -0.15) is 0 Å². The van der Waals surface area contributed by atoms with Crippen LogP contribution in [0.15, 0.2) is 60.9 Å². The number of rotatable bonds is 6. The van der Waals surface area contributed by atoms with Crippen molar-refractivity contribution in [2.24, 2.45) is 0 Å². The second-order valence-electron chi connectivity index (χ2n) is 5.83. The number of halogens is 1. The van der Waals surface area contributed by atoms with Crippen LogP contribution in [0.3, 0.4) is 0 Å². The van der Waals surface area contributed by atoms with Crippen molar-refractivity contribution in [1.82, 2.24) is 9.97 Å². The topological polar surface area (TPSA) is 84.0 Å². The van der Waals surface area contributed by atoms with E-state index in [1.54, 1.807) is 24.3 Å². The minimum absolute atomic E-state index is 0.0267. The summed E-state index contributed by atoms with van der Waals surface area (Å²) in [6.45, 7) is 1.97. The molecule has 0 aliphatic heterocycles. The predicted molar refractivity (Wildman–Crippen MR) is 105 cm³/mol. The van der Waals surface area contributed by atoms with Gasteiger partial charge >= 0.3 is 0 Å². The van der Waals surface area contributed by atoms with Crippen LogP contribution in [0.5, 0.6) is 0 Å². The average molecular weight is 381 g/mol. The van der Waals surface area contributed by atoms with Gasteiger partial charge in [-0.3, -0.25) is 9.59 Å². The lowest BCUT2D eigenvalue weighted by molar-refractivity contribution is 0.101. The van der Waals surface area contributed by atoms with Crippen LogP contribution in [0.2, 0.25) is 5.02 Å². The summed E-state index contributed by atoms with van der Waals surface area (Å²) in [6, 6.07) is 14.2. The molecule has 0 aliphatic rings. The number of nitrogens with zero attached hydrogens (tertiary/aromatic N) is 2. The number of ketones is 1. The maximum Gasteiger partial charge on any atom is 0.258 e. The van der Waals surface area contributed by atoms with Crippen LogP contribution < -0.4 is 10.6 Å². The molecule has 27 heavy (non-hydrogen) atoms. The van der Waals surface area contributed by atoms with Gasteiger partial charge in [0.2, 0.25) is 5.95 Å². The molecule has 1 heterocycles. The van der Waals surface area contributed by atoms with Crippen LogP contribution >= 0.6 is 11.6 Å². The molecular weight excluding hydrogens is 364 g/mol. The van der Waals surface area contributed by atoms with Crippen molar-refractivity contribution in [2.45, 2.75) is 13.5 Å². The molecule has 1 aromatic heterocycles. The van der Waals surface area contributed by atoms with Gasteiger partial charge < -0.3 is 10.6 Å². The molecule has 0 bridgehead atoms. The number of aromatic nitrogens is 2. The Hall–Kier alpha value is -3.25. The van der Waals surface area contributed by atoms with E-state index in [9.17, 15) is 9.59 Å². The zero-order chi connectivity index (χ0) is 19.2. The van der Waals surface area contributed by atoms with Crippen molar-refractivity contribution in [3.63, 3.8) is 0 Å². The van der Waals surface area contributed by atoms with Crippen molar-refractivity contribution in [1.29, 1.82) is 0 Å². The molecule has 0 saturated heterocycles. The van der Waals surface area contributed by atoms with Crippen LogP contribution in [0.4, 0.5) is 11.6 Å². The Labute approximate surface area is 161 Å². The molecule has 0 atom stereocenters. The van der Waals surface area contributed by atoms with Crippen molar-refractivity contribution < 1.29 is 9.59 Å². The summed E-state index contributed by atoms with van der Waals surface area (Å²) in [7, 11) is 0. The zero-order valence-corrected chi connectivity index (χ0v) is 15.3. The van der Waals surface area contributed by atoms with Crippen LogP contribution in [-0.2, 0) is 6.54 Å². The molecule has 6 nitrogen and oxygen atoms in total. The van der Waals surface area contributed by atoms with E-state index in [-0.39, 0.29) is 11.7 Å². The largest absolute Gasteiger partial charge is 0.350 e. The fourth-order valence-electron chi connectivity index (χ4n) is 2.34. The molecule has 136 valence electrons. The second kappa shape index (κ2) is 8.42. The minimum atomic E-state index is -0.330. The summed E-state index contributed by atoms with van der Waals surface area (Å²) in [5.74, 6) is 0.0432. The Kier molecular flexibility index (Phi) is 5.78. The smallest absolute Gasteiger partial charge is 0.258 e. The van der Waals surface area contributed by atoms with Gasteiger partial charge in [0.05, 0.1) is 5.56 Å². The summed E-state index contributed by atoms with van der Waals surface area (Å²) in [4.78, 5) is 31.9. The fourth-order valence-corrected chi connectivity index (χ4v) is 2.55. The molecule has 0 saturated carbocycles. The van der Waals surface area contributed by atoms with Crippen LogP contribution in [-0.4, -0.2) is 21.7 Å². The van der Waals surface area contributed by atoms with Gasteiger partial charge in [-0.15, -0.1) is 0 Å². The zero-order valence-electron chi connectivity index (χ0n) is 14.6. The summed E-state index contributed by atoms with van der Waals surface area (Å²) < 4.78 is 0. The molecule has 0 aliphatic carbocycles. The summed E-state index contributed by atoms with van der Waals surface area (Å²) in [5.41, 5.74) is 2.43. The van der Waals surface area contributed by atoms with Crippen molar-refractivity contribution >= 4 is 34.9 Å². The van der Waals surface area contributed by atoms with Gasteiger partial charge in [0.1, 0.15) is 0 Å². The fraction of sp³-hybridized carbons (Fsp3) is 0.100. The lowest BCUT2D eigenvalue weighted by Gasteiger charge is -2.08. The highest BCUT2D eigenvalue weighted by Crippen LogP contribution is 2.16. The number of benzene rings is 2. The average Bonchev–Trinajstić information content (AvgIpc) is 2.68. The summed E-state index contributed by atoms with van der Waals surface area (Å²) >= 11 is 6.11. The summed E-state index contributed by atoms with van der Waals surface area (Å²) in [6.07, 6.45) is 2.89. The van der Waals surface area contributed by atoms with E-state index >= 15 is 0 Å². The maximum absolute atomic E-state index is 12.3. The van der Waals surface area contributed by atoms with Crippen LogP contribution in [0.1, 0.15) is 33.2 Å². The first-order chi connectivity index (χ1) is 13.0. The molecular formula is C20H17ClN4O2. The summed E-state index contributed by atoms with van der Waals surface area (Å²) in [5, 5.41) is 6.47. The van der Waals surface area contributed by atoms with Crippen molar-refractivity contribution in [3.8, 4) is 0 Å². The van der Waals surface area contributed by atoms with Crippen LogP contribution in [0, 0.1) is 0 Å². The number of amides is 1. The molecule has 0 radical (unpaired) electrons. The molecule has 2 aromatic carbocycles. The number of carbonyl (C=O) groups is 2. The Balaban J connectivity index is 1.60. The van der Waals surface area contributed by atoms with Gasteiger partial charge in [0.25, 0.3) is 5.91 Å². The minimum Gasteiger partial charge on any atom is -0.350 e. The third-order valence-electron chi connectivity index (χ3n) is 3.86. The van der Waals surface area contributed by atoms with Gasteiger partial charge in [-0.05, 0) is 42.8 Å². The lowest BCUT2D eigenvalue weighted by atomic mass is 10.1. The Morgan fingerprint density at radius 1 is 0.963 bits per heavy atom. The molecule has 0 spiro atoms. The highest BCUT2D eigenvalue weighted by atomic mass is 35.5. The Morgan fingerprint density at radius 2 is 1.63 bits per heavy atom. The normalized spacial score (nSPS) is 10.3. The molecule has 7 heteroatoms. The number of anilines is 2. The number of nitrogens with one attached hydrogen (secondary N) is 2. The monoisotopic (exact) mass is 380 g/mol. The first-order valence-corrected chi connectivity index (χ1v) is 8.62. The first-order valence-electron chi connectivity index (χ1n) is 8.24. The Bertz CT molecular complexity index is 956. The Morgan fingerprint density at radius 3 is 2.26 bits per heavy atom. The molecule has 2 N–H and O–H groups in total. The highest BCUT2D eigenvalue weighted by Gasteiger charge is 2.09. The number of carbonyl (C=O) groups excluding carboxylic acids is 2. The third-order valence-corrected chi connectivity index (χ3v) is 4.23. The third kappa shape index (κ3) is 4.89.